The smallest absolute Gasteiger partial charge is 0.322 e. The largest absolute Gasteiger partial charge is 0.494 e. The summed E-state index contributed by atoms with van der Waals surface area (Å²) in [6.07, 6.45) is 0.649. The van der Waals surface area contributed by atoms with Crippen LogP contribution in [0.4, 0.5) is 9.18 Å². The normalized spacial score (nSPS) is 16.1. The van der Waals surface area contributed by atoms with E-state index in [2.05, 4.69) is 15.5 Å². The molecule has 1 aromatic heterocycles. The van der Waals surface area contributed by atoms with Crippen molar-refractivity contribution in [2.75, 3.05) is 27.4 Å². The number of rotatable bonds is 8. The van der Waals surface area contributed by atoms with Gasteiger partial charge in [0.05, 0.1) is 18.7 Å². The molecule has 2 amide bonds. The Labute approximate surface area is 201 Å². The number of allylic oxidation sites excluding steroid dienone is 1. The minimum Gasteiger partial charge on any atom is -0.494 e. The van der Waals surface area contributed by atoms with E-state index in [9.17, 15) is 9.18 Å². The van der Waals surface area contributed by atoms with Crippen LogP contribution in [-0.2, 0) is 4.74 Å². The van der Waals surface area contributed by atoms with Crippen LogP contribution in [0.3, 0.4) is 0 Å². The minimum atomic E-state index is -0.564. The Balaban J connectivity index is 1.77. The molecular weight excluding hydrogens is 463 g/mol. The fourth-order valence-corrected chi connectivity index (χ4v) is 4.09. The zero-order chi connectivity index (χ0) is 24.2. The first kappa shape index (κ1) is 23.7. The molecule has 0 saturated carbocycles. The first-order chi connectivity index (χ1) is 16.4. The molecule has 2 heterocycles. The van der Waals surface area contributed by atoms with Crippen molar-refractivity contribution in [1.29, 1.82) is 0 Å². The third kappa shape index (κ3) is 4.76. The summed E-state index contributed by atoms with van der Waals surface area (Å²) in [7, 11) is 3.01. The predicted octanol–water partition coefficient (Wildman–Crippen LogP) is 5.07. The summed E-state index contributed by atoms with van der Waals surface area (Å²) in [6, 6.07) is 10.8. The van der Waals surface area contributed by atoms with Crippen LogP contribution >= 0.6 is 11.6 Å². The number of amides is 2. The highest BCUT2D eigenvalue weighted by Crippen LogP contribution is 2.38. The highest BCUT2D eigenvalue weighted by molar-refractivity contribution is 6.30. The first-order valence-corrected chi connectivity index (χ1v) is 11.0. The summed E-state index contributed by atoms with van der Waals surface area (Å²) in [5.41, 5.74) is 2.50. The van der Waals surface area contributed by atoms with Crippen molar-refractivity contribution < 1.29 is 23.2 Å². The third-order valence-corrected chi connectivity index (χ3v) is 5.81. The number of nitrogens with zero attached hydrogens (tertiary/aromatic N) is 3. The van der Waals surface area contributed by atoms with Crippen molar-refractivity contribution in [3.05, 3.63) is 70.5 Å². The lowest BCUT2D eigenvalue weighted by molar-refractivity contribution is 0.174. The zero-order valence-corrected chi connectivity index (χ0v) is 19.7. The number of halogens is 2. The fraction of sp³-hybridized carbons (Fsp3) is 0.292. The summed E-state index contributed by atoms with van der Waals surface area (Å²) in [5.74, 6) is 0.0107. The number of nitrogens with one attached hydrogen (secondary N) is 1. The number of carbonyl (C=O) groups excluding carboxylic acids is 1. The van der Waals surface area contributed by atoms with Crippen LogP contribution in [0.25, 0.3) is 17.0 Å². The van der Waals surface area contributed by atoms with Gasteiger partial charge in [0.2, 0.25) is 5.82 Å². The second kappa shape index (κ2) is 10.2. The van der Waals surface area contributed by atoms with E-state index in [1.165, 1.54) is 19.2 Å². The average molecular weight is 487 g/mol. The van der Waals surface area contributed by atoms with Crippen molar-refractivity contribution >= 4 is 23.2 Å². The van der Waals surface area contributed by atoms with Crippen molar-refractivity contribution in [2.24, 2.45) is 0 Å². The Bertz CT molecular complexity index is 1230. The number of benzene rings is 2. The Morgan fingerprint density at radius 3 is 2.76 bits per heavy atom. The van der Waals surface area contributed by atoms with Gasteiger partial charge in [-0.05, 0) is 49.2 Å². The van der Waals surface area contributed by atoms with Crippen molar-refractivity contribution in [1.82, 2.24) is 20.4 Å². The zero-order valence-electron chi connectivity index (χ0n) is 19.0. The van der Waals surface area contributed by atoms with Gasteiger partial charge in [-0.3, -0.25) is 4.90 Å². The van der Waals surface area contributed by atoms with Crippen molar-refractivity contribution in [3.8, 4) is 17.1 Å². The number of hydrogen-bond donors (Lipinski definition) is 1. The lowest BCUT2D eigenvalue weighted by atomic mass is 9.94. The van der Waals surface area contributed by atoms with E-state index in [-0.39, 0.29) is 23.5 Å². The molecule has 0 saturated heterocycles. The summed E-state index contributed by atoms with van der Waals surface area (Å²) in [4.78, 5) is 19.1. The van der Waals surface area contributed by atoms with Crippen LogP contribution < -0.4 is 10.1 Å². The van der Waals surface area contributed by atoms with Crippen molar-refractivity contribution in [3.63, 3.8) is 0 Å². The van der Waals surface area contributed by atoms with E-state index in [0.717, 1.165) is 5.56 Å². The lowest BCUT2D eigenvalue weighted by Crippen LogP contribution is -2.46. The van der Waals surface area contributed by atoms with E-state index in [0.29, 0.717) is 41.4 Å². The van der Waals surface area contributed by atoms with E-state index < -0.39 is 11.9 Å². The second-order valence-electron chi connectivity index (χ2n) is 7.71. The number of ether oxygens (including phenoxy) is 2. The standard InChI is InChI=1S/C24H24ClFN4O4/c1-14-20(23-28-22(29-34-23)16-8-9-19(33-3)18(26)13-16)21(15-6-4-7-17(25)12-15)27-24(31)30(14)10-5-11-32-2/h4,6-9,12-13,21H,5,10-11H2,1-3H3,(H,27,31). The van der Waals surface area contributed by atoms with Crippen LogP contribution in [0.2, 0.25) is 5.02 Å². The van der Waals surface area contributed by atoms with Crippen LogP contribution in [0.5, 0.6) is 5.75 Å². The molecule has 1 unspecified atom stereocenters. The fourth-order valence-electron chi connectivity index (χ4n) is 3.89. The molecule has 0 aliphatic carbocycles. The molecular formula is C24H24ClFN4O4. The molecule has 8 nitrogen and oxygen atoms in total. The molecule has 0 spiro atoms. The number of hydrogen-bond acceptors (Lipinski definition) is 6. The molecule has 4 rings (SSSR count). The SMILES string of the molecule is COCCCN1C(=O)NC(c2cccc(Cl)c2)C(c2nc(-c3ccc(OC)c(F)c3)no2)=C1C. The third-order valence-electron chi connectivity index (χ3n) is 5.57. The predicted molar refractivity (Wildman–Crippen MR) is 125 cm³/mol. The maximum Gasteiger partial charge on any atom is 0.322 e. The van der Waals surface area contributed by atoms with Gasteiger partial charge in [0.25, 0.3) is 5.89 Å². The van der Waals surface area contributed by atoms with Crippen LogP contribution in [-0.4, -0.2) is 48.4 Å². The maximum atomic E-state index is 14.2. The summed E-state index contributed by atoms with van der Waals surface area (Å²) in [5, 5.41) is 7.60. The molecule has 178 valence electrons. The highest BCUT2D eigenvalue weighted by atomic mass is 35.5. The molecule has 1 N–H and O–H groups in total. The molecule has 0 fully saturated rings. The Hall–Kier alpha value is -3.43. The highest BCUT2D eigenvalue weighted by Gasteiger charge is 2.35. The Morgan fingerprint density at radius 2 is 2.06 bits per heavy atom. The number of aromatic nitrogens is 2. The summed E-state index contributed by atoms with van der Waals surface area (Å²) >= 11 is 6.22. The van der Waals surface area contributed by atoms with Crippen molar-refractivity contribution in [2.45, 2.75) is 19.4 Å². The first-order valence-electron chi connectivity index (χ1n) is 10.6. The van der Waals surface area contributed by atoms with E-state index in [4.69, 9.17) is 25.6 Å². The minimum absolute atomic E-state index is 0.119. The molecule has 2 aromatic carbocycles. The monoisotopic (exact) mass is 486 g/mol. The topological polar surface area (TPSA) is 89.7 Å². The van der Waals surface area contributed by atoms with Gasteiger partial charge in [-0.2, -0.15) is 4.98 Å². The Kier molecular flexibility index (Phi) is 7.14. The molecule has 0 radical (unpaired) electrons. The number of urea groups is 1. The van der Waals surface area contributed by atoms with Crippen LogP contribution in [0, 0.1) is 5.82 Å². The molecule has 3 aromatic rings. The van der Waals surface area contributed by atoms with E-state index in [1.807, 2.05) is 13.0 Å². The van der Waals surface area contributed by atoms with E-state index in [1.54, 1.807) is 36.3 Å². The van der Waals surface area contributed by atoms with Gasteiger partial charge in [-0.15, -0.1) is 0 Å². The van der Waals surface area contributed by atoms with Gasteiger partial charge in [0.15, 0.2) is 11.6 Å². The quantitative estimate of drug-likeness (QED) is 0.447. The van der Waals surface area contributed by atoms with E-state index >= 15 is 0 Å². The van der Waals surface area contributed by atoms with Gasteiger partial charge in [0.1, 0.15) is 0 Å². The Morgan fingerprint density at radius 1 is 1.24 bits per heavy atom. The van der Waals surface area contributed by atoms with Gasteiger partial charge in [-0.25, -0.2) is 9.18 Å². The molecule has 0 bridgehead atoms. The molecule has 1 atom stereocenters. The molecule has 1 aliphatic rings. The summed E-state index contributed by atoms with van der Waals surface area (Å²) < 4.78 is 29.9. The molecule has 1 aliphatic heterocycles. The number of methoxy groups -OCH3 is 2. The van der Waals surface area contributed by atoms with Gasteiger partial charge >= 0.3 is 6.03 Å². The van der Waals surface area contributed by atoms with Gasteiger partial charge < -0.3 is 19.3 Å². The average Bonchev–Trinajstić information content (AvgIpc) is 3.30. The van der Waals surface area contributed by atoms with Gasteiger partial charge in [-0.1, -0.05) is 28.9 Å². The number of carbonyl (C=O) groups is 1. The summed E-state index contributed by atoms with van der Waals surface area (Å²) in [6.45, 7) is 2.79. The van der Waals surface area contributed by atoms with Crippen LogP contribution in [0.15, 0.2) is 52.7 Å². The van der Waals surface area contributed by atoms with Crippen LogP contribution in [0.1, 0.15) is 30.8 Å². The molecule has 34 heavy (non-hydrogen) atoms. The van der Waals surface area contributed by atoms with Gasteiger partial charge in [0, 0.05) is 36.5 Å². The lowest BCUT2D eigenvalue weighted by Gasteiger charge is -2.35. The molecule has 10 heteroatoms. The maximum absolute atomic E-state index is 14.2. The second-order valence-corrected chi connectivity index (χ2v) is 8.14.